The molecule has 1 aromatic rings. The third-order valence-electron chi connectivity index (χ3n) is 4.03. The molecule has 106 valence electrons. The van der Waals surface area contributed by atoms with Crippen molar-refractivity contribution in [2.75, 3.05) is 13.1 Å². The van der Waals surface area contributed by atoms with Crippen molar-refractivity contribution in [2.45, 2.75) is 38.8 Å². The summed E-state index contributed by atoms with van der Waals surface area (Å²) >= 11 is 0. The normalized spacial score (nSPS) is 17.6. The van der Waals surface area contributed by atoms with E-state index in [4.69, 9.17) is 0 Å². The van der Waals surface area contributed by atoms with E-state index in [2.05, 4.69) is 42.6 Å². The zero-order valence-corrected chi connectivity index (χ0v) is 12.1. The van der Waals surface area contributed by atoms with Crippen molar-refractivity contribution in [3.63, 3.8) is 0 Å². The van der Waals surface area contributed by atoms with Gasteiger partial charge in [-0.15, -0.1) is 0 Å². The molecule has 0 radical (unpaired) electrons. The maximum atomic E-state index is 11.3. The molecular weight excluding hydrogens is 250 g/mol. The summed E-state index contributed by atoms with van der Waals surface area (Å²) < 4.78 is 0. The number of likely N-dealkylation sites (tertiary alicyclic amines) is 1. The number of aryl methyl sites for hydroxylation is 1. The van der Waals surface area contributed by atoms with Gasteiger partial charge in [0.15, 0.2) is 0 Å². The van der Waals surface area contributed by atoms with E-state index in [1.807, 2.05) is 4.90 Å². The summed E-state index contributed by atoms with van der Waals surface area (Å²) in [5.74, 6) is 0.0927. The first kappa shape index (κ1) is 14.5. The summed E-state index contributed by atoms with van der Waals surface area (Å²) in [5.41, 5.74) is 1.91. The van der Waals surface area contributed by atoms with Gasteiger partial charge in [0.1, 0.15) is 5.54 Å². The topological polar surface area (TPSA) is 56.1 Å². The van der Waals surface area contributed by atoms with Crippen LogP contribution in [0.15, 0.2) is 24.3 Å². The summed E-state index contributed by atoms with van der Waals surface area (Å²) in [5, 5.41) is 12.9. The molecule has 1 amide bonds. The lowest BCUT2D eigenvalue weighted by atomic mass is 9.88. The van der Waals surface area contributed by atoms with Gasteiger partial charge in [-0.05, 0) is 25.3 Å². The number of hydrogen-bond acceptors (Lipinski definition) is 3. The van der Waals surface area contributed by atoms with Crippen molar-refractivity contribution in [3.05, 3.63) is 35.4 Å². The number of nitrogens with one attached hydrogen (secondary N) is 1. The predicted molar refractivity (Wildman–Crippen MR) is 77.9 cm³/mol. The van der Waals surface area contributed by atoms with E-state index in [1.165, 1.54) is 11.1 Å². The molecule has 1 saturated heterocycles. The second kappa shape index (κ2) is 6.06. The van der Waals surface area contributed by atoms with Gasteiger partial charge in [0.25, 0.3) is 0 Å². The van der Waals surface area contributed by atoms with Crippen molar-refractivity contribution in [2.24, 2.45) is 0 Å². The van der Waals surface area contributed by atoms with Crippen LogP contribution >= 0.6 is 0 Å². The van der Waals surface area contributed by atoms with Crippen LogP contribution in [0.3, 0.4) is 0 Å². The van der Waals surface area contributed by atoms with Crippen LogP contribution in [-0.2, 0) is 11.3 Å². The van der Waals surface area contributed by atoms with E-state index in [0.717, 1.165) is 0 Å². The van der Waals surface area contributed by atoms with Gasteiger partial charge < -0.3 is 4.90 Å². The zero-order valence-electron chi connectivity index (χ0n) is 12.1. The van der Waals surface area contributed by atoms with Crippen LogP contribution in [0.2, 0.25) is 0 Å². The number of piperidine rings is 1. The molecule has 1 N–H and O–H groups in total. The Morgan fingerprint density at radius 2 is 1.95 bits per heavy atom. The minimum absolute atomic E-state index is 0.0927. The molecule has 2 rings (SSSR count). The van der Waals surface area contributed by atoms with Gasteiger partial charge >= 0.3 is 0 Å². The van der Waals surface area contributed by atoms with Crippen molar-refractivity contribution >= 4 is 5.91 Å². The van der Waals surface area contributed by atoms with Crippen molar-refractivity contribution < 1.29 is 4.79 Å². The fourth-order valence-corrected chi connectivity index (χ4v) is 2.51. The van der Waals surface area contributed by atoms with E-state index in [0.29, 0.717) is 32.5 Å². The van der Waals surface area contributed by atoms with Crippen molar-refractivity contribution in [1.29, 1.82) is 5.26 Å². The highest BCUT2D eigenvalue weighted by molar-refractivity contribution is 5.73. The Hall–Kier alpha value is -1.86. The van der Waals surface area contributed by atoms with E-state index in [9.17, 15) is 10.1 Å². The third kappa shape index (κ3) is 3.37. The molecule has 0 saturated carbocycles. The SMILES string of the molecule is CC(=O)N1CCC(C#N)(NCc2ccc(C)cc2)CC1. The van der Waals surface area contributed by atoms with Crippen LogP contribution in [0.25, 0.3) is 0 Å². The first-order valence-electron chi connectivity index (χ1n) is 7.02. The zero-order chi connectivity index (χ0) is 14.6. The summed E-state index contributed by atoms with van der Waals surface area (Å²) in [7, 11) is 0. The van der Waals surface area contributed by atoms with Crippen LogP contribution < -0.4 is 5.32 Å². The monoisotopic (exact) mass is 271 g/mol. The van der Waals surface area contributed by atoms with E-state index in [-0.39, 0.29) is 5.91 Å². The molecule has 4 nitrogen and oxygen atoms in total. The van der Waals surface area contributed by atoms with Gasteiger partial charge in [-0.25, -0.2) is 0 Å². The summed E-state index contributed by atoms with van der Waals surface area (Å²) in [4.78, 5) is 13.1. The van der Waals surface area contributed by atoms with E-state index in [1.54, 1.807) is 6.92 Å². The van der Waals surface area contributed by atoms with Crippen LogP contribution in [0, 0.1) is 18.3 Å². The maximum absolute atomic E-state index is 11.3. The quantitative estimate of drug-likeness (QED) is 0.914. The molecule has 0 spiro atoms. The van der Waals surface area contributed by atoms with Crippen LogP contribution in [0.1, 0.15) is 30.9 Å². The summed E-state index contributed by atoms with van der Waals surface area (Å²) in [6.07, 6.45) is 1.38. The second-order valence-corrected chi connectivity index (χ2v) is 5.54. The lowest BCUT2D eigenvalue weighted by Crippen LogP contribution is -2.53. The van der Waals surface area contributed by atoms with Gasteiger partial charge in [0.2, 0.25) is 5.91 Å². The average molecular weight is 271 g/mol. The molecular formula is C16H21N3O. The highest BCUT2D eigenvalue weighted by Crippen LogP contribution is 2.22. The molecule has 0 unspecified atom stereocenters. The van der Waals surface area contributed by atoms with Gasteiger partial charge in [0, 0.05) is 26.6 Å². The average Bonchev–Trinajstić information content (AvgIpc) is 2.47. The number of rotatable bonds is 3. The Morgan fingerprint density at radius 3 is 2.45 bits per heavy atom. The smallest absolute Gasteiger partial charge is 0.219 e. The fraction of sp³-hybridized carbons (Fsp3) is 0.500. The van der Waals surface area contributed by atoms with Gasteiger partial charge in [-0.3, -0.25) is 10.1 Å². The first-order valence-corrected chi connectivity index (χ1v) is 7.02. The summed E-state index contributed by atoms with van der Waals surface area (Å²) in [6.45, 7) is 5.64. The number of hydrogen-bond donors (Lipinski definition) is 1. The number of nitrogens with zero attached hydrogens (tertiary/aromatic N) is 2. The molecule has 0 aliphatic carbocycles. The van der Waals surface area contributed by atoms with Gasteiger partial charge in [-0.1, -0.05) is 29.8 Å². The lowest BCUT2D eigenvalue weighted by molar-refractivity contribution is -0.130. The number of carbonyl (C=O) groups is 1. The third-order valence-corrected chi connectivity index (χ3v) is 4.03. The first-order chi connectivity index (χ1) is 9.54. The molecule has 1 aliphatic rings. The lowest BCUT2D eigenvalue weighted by Gasteiger charge is -2.37. The second-order valence-electron chi connectivity index (χ2n) is 5.54. The minimum Gasteiger partial charge on any atom is -0.343 e. The van der Waals surface area contributed by atoms with Crippen molar-refractivity contribution in [1.82, 2.24) is 10.2 Å². The molecule has 1 heterocycles. The Morgan fingerprint density at radius 1 is 1.35 bits per heavy atom. The van der Waals surface area contributed by atoms with Gasteiger partial charge in [0.05, 0.1) is 6.07 Å². The van der Waals surface area contributed by atoms with Crippen molar-refractivity contribution in [3.8, 4) is 6.07 Å². The Bertz CT molecular complexity index is 508. The molecule has 4 heteroatoms. The highest BCUT2D eigenvalue weighted by Gasteiger charge is 2.34. The Labute approximate surface area is 120 Å². The molecule has 1 fully saturated rings. The van der Waals surface area contributed by atoms with E-state index < -0.39 is 5.54 Å². The molecule has 1 aromatic carbocycles. The van der Waals surface area contributed by atoms with Gasteiger partial charge in [-0.2, -0.15) is 5.26 Å². The standard InChI is InChI=1S/C16H21N3O/c1-13-3-5-15(6-4-13)11-18-16(12-17)7-9-19(10-8-16)14(2)20/h3-6,18H,7-11H2,1-2H3. The molecule has 1 aliphatic heterocycles. The van der Waals surface area contributed by atoms with E-state index >= 15 is 0 Å². The molecule has 0 bridgehead atoms. The highest BCUT2D eigenvalue weighted by atomic mass is 16.2. The number of benzene rings is 1. The minimum atomic E-state index is -0.503. The molecule has 20 heavy (non-hydrogen) atoms. The fourth-order valence-electron chi connectivity index (χ4n) is 2.51. The maximum Gasteiger partial charge on any atom is 0.219 e. The van der Waals surface area contributed by atoms with Crippen LogP contribution in [-0.4, -0.2) is 29.4 Å². The largest absolute Gasteiger partial charge is 0.343 e. The predicted octanol–water partition coefficient (Wildman–Crippen LogP) is 1.99. The number of carbonyl (C=O) groups excluding carboxylic acids is 1. The number of nitriles is 1. The number of amides is 1. The van der Waals surface area contributed by atoms with Crippen LogP contribution in [0.5, 0.6) is 0 Å². The van der Waals surface area contributed by atoms with Crippen LogP contribution in [0.4, 0.5) is 0 Å². The summed E-state index contributed by atoms with van der Waals surface area (Å²) in [6, 6.07) is 10.7. The Kier molecular flexibility index (Phi) is 4.41. The Balaban J connectivity index is 1.94. The molecule has 0 aromatic heterocycles. The molecule has 0 atom stereocenters.